The molecule has 2 rings (SSSR count). The maximum atomic E-state index is 12.3. The number of amides is 2. The number of rotatable bonds is 4. The van der Waals surface area contributed by atoms with Crippen LogP contribution in [0, 0.1) is 5.92 Å². The minimum atomic E-state index is -0.611. The zero-order chi connectivity index (χ0) is 16.3. The standard InChI is InChI=1S/C17H24N2O3/c1-11(2)15(20)8-9-18-16(21)17(22)19-10-12(3)13-6-4-5-7-14(13)19/h4-7,11-12,15,20H,8-10H2,1-3H3,(H,18,21). The number of nitrogens with one attached hydrogen (secondary N) is 1. The molecule has 0 saturated carbocycles. The average molecular weight is 304 g/mol. The van der Waals surface area contributed by atoms with E-state index in [4.69, 9.17) is 0 Å². The Bertz CT molecular complexity index is 557. The number of aliphatic hydroxyl groups is 1. The van der Waals surface area contributed by atoms with Gasteiger partial charge in [0.25, 0.3) is 0 Å². The molecule has 120 valence electrons. The number of fused-ring (bicyclic) bond motifs is 1. The Kier molecular flexibility index (Phi) is 5.19. The molecule has 5 heteroatoms. The summed E-state index contributed by atoms with van der Waals surface area (Å²) in [4.78, 5) is 25.9. The Morgan fingerprint density at radius 1 is 1.36 bits per heavy atom. The van der Waals surface area contributed by atoms with Crippen molar-refractivity contribution < 1.29 is 14.7 Å². The second-order valence-electron chi connectivity index (χ2n) is 6.23. The summed E-state index contributed by atoms with van der Waals surface area (Å²) in [6.07, 6.45) is -0.0214. The third-order valence-corrected chi connectivity index (χ3v) is 4.15. The lowest BCUT2D eigenvalue weighted by atomic mass is 10.0. The van der Waals surface area contributed by atoms with Crippen molar-refractivity contribution in [2.75, 3.05) is 18.0 Å². The van der Waals surface area contributed by atoms with Gasteiger partial charge in [0.2, 0.25) is 0 Å². The number of nitrogens with zero attached hydrogens (tertiary/aromatic N) is 1. The molecule has 1 aliphatic heterocycles. The van der Waals surface area contributed by atoms with E-state index in [1.165, 1.54) is 4.90 Å². The minimum absolute atomic E-state index is 0.138. The Labute approximate surface area is 131 Å². The zero-order valence-corrected chi connectivity index (χ0v) is 13.4. The van der Waals surface area contributed by atoms with Crippen molar-refractivity contribution in [3.8, 4) is 0 Å². The van der Waals surface area contributed by atoms with Crippen molar-refractivity contribution in [3.63, 3.8) is 0 Å². The molecular formula is C17H24N2O3. The van der Waals surface area contributed by atoms with Crippen LogP contribution in [0.15, 0.2) is 24.3 Å². The molecule has 2 atom stereocenters. The number of para-hydroxylation sites is 1. The van der Waals surface area contributed by atoms with Crippen LogP contribution < -0.4 is 10.2 Å². The number of hydrogen-bond acceptors (Lipinski definition) is 3. The summed E-state index contributed by atoms with van der Waals surface area (Å²) >= 11 is 0. The predicted molar refractivity (Wildman–Crippen MR) is 85.7 cm³/mol. The lowest BCUT2D eigenvalue weighted by Gasteiger charge is -2.18. The summed E-state index contributed by atoms with van der Waals surface area (Å²) in [5.41, 5.74) is 1.91. The van der Waals surface area contributed by atoms with Crippen molar-refractivity contribution in [1.82, 2.24) is 5.32 Å². The van der Waals surface area contributed by atoms with Gasteiger partial charge in [0.15, 0.2) is 0 Å². The molecule has 0 bridgehead atoms. The van der Waals surface area contributed by atoms with Gasteiger partial charge in [-0.15, -0.1) is 0 Å². The molecule has 2 N–H and O–H groups in total. The van der Waals surface area contributed by atoms with E-state index in [2.05, 4.69) is 5.32 Å². The Morgan fingerprint density at radius 3 is 2.73 bits per heavy atom. The number of carbonyl (C=O) groups is 2. The molecule has 0 aliphatic carbocycles. The van der Waals surface area contributed by atoms with E-state index in [-0.39, 0.29) is 11.8 Å². The van der Waals surface area contributed by atoms with E-state index in [1.807, 2.05) is 45.0 Å². The van der Waals surface area contributed by atoms with Gasteiger partial charge in [-0.25, -0.2) is 0 Å². The van der Waals surface area contributed by atoms with Crippen LogP contribution in [0.3, 0.4) is 0 Å². The first-order chi connectivity index (χ1) is 10.4. The molecule has 2 amide bonds. The molecule has 1 aromatic rings. The molecule has 1 aromatic carbocycles. The second-order valence-corrected chi connectivity index (χ2v) is 6.23. The molecule has 0 aromatic heterocycles. The van der Waals surface area contributed by atoms with Gasteiger partial charge in [0, 0.05) is 24.7 Å². The van der Waals surface area contributed by atoms with E-state index in [0.717, 1.165) is 11.3 Å². The fraction of sp³-hybridized carbons (Fsp3) is 0.529. The SMILES string of the molecule is CC1CN(C(=O)C(=O)NCCC(O)C(C)C)c2ccccc21. The number of carbonyl (C=O) groups excluding carboxylic acids is 2. The number of aliphatic hydroxyl groups excluding tert-OH is 1. The van der Waals surface area contributed by atoms with Crippen LogP contribution in [0.2, 0.25) is 0 Å². The highest BCUT2D eigenvalue weighted by Gasteiger charge is 2.32. The van der Waals surface area contributed by atoms with Crippen molar-refractivity contribution in [1.29, 1.82) is 0 Å². The maximum absolute atomic E-state index is 12.3. The lowest BCUT2D eigenvalue weighted by Crippen LogP contribution is -2.43. The number of anilines is 1. The van der Waals surface area contributed by atoms with E-state index >= 15 is 0 Å². The molecule has 0 spiro atoms. The van der Waals surface area contributed by atoms with Crippen molar-refractivity contribution >= 4 is 17.5 Å². The van der Waals surface area contributed by atoms with Gasteiger partial charge in [0.1, 0.15) is 0 Å². The van der Waals surface area contributed by atoms with E-state index < -0.39 is 17.9 Å². The fourth-order valence-electron chi connectivity index (χ4n) is 2.68. The van der Waals surface area contributed by atoms with Crippen molar-refractivity contribution in [2.45, 2.75) is 39.2 Å². The summed E-state index contributed by atoms with van der Waals surface area (Å²) < 4.78 is 0. The Hall–Kier alpha value is -1.88. The molecule has 0 fully saturated rings. The molecule has 1 heterocycles. The van der Waals surface area contributed by atoms with Gasteiger partial charge in [-0.05, 0) is 24.0 Å². The van der Waals surface area contributed by atoms with E-state index in [1.54, 1.807) is 0 Å². The van der Waals surface area contributed by atoms with Crippen LogP contribution in [-0.2, 0) is 9.59 Å². The summed E-state index contributed by atoms with van der Waals surface area (Å²) in [5.74, 6) is -0.773. The Morgan fingerprint density at radius 2 is 2.05 bits per heavy atom. The van der Waals surface area contributed by atoms with Crippen molar-refractivity contribution in [2.24, 2.45) is 5.92 Å². The third-order valence-electron chi connectivity index (χ3n) is 4.15. The fourth-order valence-corrected chi connectivity index (χ4v) is 2.68. The summed E-state index contributed by atoms with van der Waals surface area (Å²) in [6, 6.07) is 7.67. The summed E-state index contributed by atoms with van der Waals surface area (Å²) in [7, 11) is 0. The van der Waals surface area contributed by atoms with Crippen LogP contribution in [0.5, 0.6) is 0 Å². The molecular weight excluding hydrogens is 280 g/mol. The first-order valence-corrected chi connectivity index (χ1v) is 7.78. The highest BCUT2D eigenvalue weighted by atomic mass is 16.3. The smallest absolute Gasteiger partial charge is 0.316 e. The Balaban J connectivity index is 1.94. The predicted octanol–water partition coefficient (Wildman–Crippen LogP) is 1.66. The van der Waals surface area contributed by atoms with Crippen LogP contribution in [0.25, 0.3) is 0 Å². The monoisotopic (exact) mass is 304 g/mol. The summed E-state index contributed by atoms with van der Waals surface area (Å²) in [6.45, 7) is 6.71. The van der Waals surface area contributed by atoms with Gasteiger partial charge in [-0.1, -0.05) is 39.0 Å². The third kappa shape index (κ3) is 3.47. The van der Waals surface area contributed by atoms with Crippen molar-refractivity contribution in [3.05, 3.63) is 29.8 Å². The first kappa shape index (κ1) is 16.5. The van der Waals surface area contributed by atoms with Crippen LogP contribution >= 0.6 is 0 Å². The van der Waals surface area contributed by atoms with Crippen LogP contribution in [0.4, 0.5) is 5.69 Å². The van der Waals surface area contributed by atoms with Gasteiger partial charge >= 0.3 is 11.8 Å². The van der Waals surface area contributed by atoms with E-state index in [0.29, 0.717) is 19.5 Å². The largest absolute Gasteiger partial charge is 0.393 e. The lowest BCUT2D eigenvalue weighted by molar-refractivity contribution is -0.137. The minimum Gasteiger partial charge on any atom is -0.393 e. The van der Waals surface area contributed by atoms with Gasteiger partial charge in [-0.2, -0.15) is 0 Å². The molecule has 1 aliphatic rings. The van der Waals surface area contributed by atoms with Gasteiger partial charge < -0.3 is 15.3 Å². The number of benzene rings is 1. The quantitative estimate of drug-likeness (QED) is 0.831. The second kappa shape index (κ2) is 6.92. The van der Waals surface area contributed by atoms with Gasteiger partial charge in [-0.3, -0.25) is 9.59 Å². The molecule has 22 heavy (non-hydrogen) atoms. The number of hydrogen-bond donors (Lipinski definition) is 2. The summed E-state index contributed by atoms with van der Waals surface area (Å²) in [5, 5.41) is 12.3. The highest BCUT2D eigenvalue weighted by Crippen LogP contribution is 2.35. The van der Waals surface area contributed by atoms with Crippen LogP contribution in [0.1, 0.15) is 38.7 Å². The first-order valence-electron chi connectivity index (χ1n) is 7.78. The normalized spacial score (nSPS) is 18.2. The molecule has 0 radical (unpaired) electrons. The maximum Gasteiger partial charge on any atom is 0.316 e. The molecule has 2 unspecified atom stereocenters. The highest BCUT2D eigenvalue weighted by molar-refractivity contribution is 6.40. The topological polar surface area (TPSA) is 69.6 Å². The van der Waals surface area contributed by atoms with E-state index in [9.17, 15) is 14.7 Å². The average Bonchev–Trinajstić information content (AvgIpc) is 2.83. The van der Waals surface area contributed by atoms with Crippen LogP contribution in [-0.4, -0.2) is 36.1 Å². The zero-order valence-electron chi connectivity index (χ0n) is 13.4. The molecule has 0 saturated heterocycles. The molecule has 5 nitrogen and oxygen atoms in total. The van der Waals surface area contributed by atoms with Gasteiger partial charge in [0.05, 0.1) is 6.10 Å².